The van der Waals surface area contributed by atoms with Crippen LogP contribution < -0.4 is 10.4 Å². The summed E-state index contributed by atoms with van der Waals surface area (Å²) in [5, 5.41) is 1.44. The van der Waals surface area contributed by atoms with E-state index in [4.69, 9.17) is 0 Å². The number of anilines is 1. The monoisotopic (exact) mass is 366 g/mol. The molecule has 0 radical (unpaired) electrons. The molecule has 1 aliphatic heterocycles. The van der Waals surface area contributed by atoms with E-state index in [2.05, 4.69) is 29.7 Å². The van der Waals surface area contributed by atoms with Crippen molar-refractivity contribution < 1.29 is 9.59 Å². The Bertz CT molecular complexity index is 1080. The van der Waals surface area contributed by atoms with E-state index >= 15 is 0 Å². The lowest BCUT2D eigenvalue weighted by Gasteiger charge is -2.52. The molecule has 4 nitrogen and oxygen atoms in total. The van der Waals surface area contributed by atoms with Gasteiger partial charge in [-0.25, -0.2) is 5.01 Å². The first-order valence-electron chi connectivity index (χ1n) is 9.63. The Morgan fingerprint density at radius 3 is 1.61 bits per heavy atom. The van der Waals surface area contributed by atoms with Gasteiger partial charge in [0.1, 0.15) is 0 Å². The zero-order valence-corrected chi connectivity index (χ0v) is 15.1. The van der Waals surface area contributed by atoms with Crippen molar-refractivity contribution in [1.82, 2.24) is 5.43 Å². The molecule has 28 heavy (non-hydrogen) atoms. The topological polar surface area (TPSA) is 49.4 Å². The van der Waals surface area contributed by atoms with E-state index in [1.165, 1.54) is 27.3 Å². The van der Waals surface area contributed by atoms with Crippen LogP contribution >= 0.6 is 0 Å². The Labute approximate surface area is 162 Å². The van der Waals surface area contributed by atoms with E-state index in [0.717, 1.165) is 0 Å². The second-order valence-corrected chi connectivity index (χ2v) is 7.75. The highest BCUT2D eigenvalue weighted by Gasteiger charge is 2.58. The van der Waals surface area contributed by atoms with Crippen LogP contribution in [0.5, 0.6) is 0 Å². The van der Waals surface area contributed by atoms with E-state index < -0.39 is 0 Å². The number of carbonyl (C=O) groups excluding carboxylic acids is 2. The summed E-state index contributed by atoms with van der Waals surface area (Å²) in [6, 6.07) is 25.9. The van der Waals surface area contributed by atoms with Crippen LogP contribution in [0.3, 0.4) is 0 Å². The van der Waals surface area contributed by atoms with Crippen molar-refractivity contribution >= 4 is 17.5 Å². The molecule has 1 fully saturated rings. The molecule has 1 N–H and O–H groups in total. The third-order valence-corrected chi connectivity index (χ3v) is 6.48. The van der Waals surface area contributed by atoms with Crippen LogP contribution in [0.25, 0.3) is 0 Å². The second kappa shape index (κ2) is 5.55. The van der Waals surface area contributed by atoms with E-state index in [-0.39, 0.29) is 35.5 Å². The fraction of sp³-hybridized carbons (Fsp3) is 0.167. The molecule has 4 heteroatoms. The maximum atomic E-state index is 13.6. The Morgan fingerprint density at radius 1 is 0.607 bits per heavy atom. The van der Waals surface area contributed by atoms with Crippen molar-refractivity contribution in [2.24, 2.45) is 11.8 Å². The van der Waals surface area contributed by atoms with E-state index in [0.29, 0.717) is 5.69 Å². The van der Waals surface area contributed by atoms with Crippen LogP contribution in [0.1, 0.15) is 34.1 Å². The normalized spacial score (nSPS) is 26.9. The van der Waals surface area contributed by atoms with Crippen molar-refractivity contribution in [3.05, 3.63) is 101 Å². The number of benzene rings is 3. The van der Waals surface area contributed by atoms with Crippen molar-refractivity contribution in [3.63, 3.8) is 0 Å². The first-order chi connectivity index (χ1) is 13.8. The minimum absolute atomic E-state index is 0.0326. The molecule has 1 saturated heterocycles. The molecule has 3 aliphatic carbocycles. The molecule has 0 spiro atoms. The summed E-state index contributed by atoms with van der Waals surface area (Å²) in [5.41, 5.74) is 8.30. The van der Waals surface area contributed by atoms with Crippen LogP contribution in [-0.2, 0) is 9.59 Å². The summed E-state index contributed by atoms with van der Waals surface area (Å²) in [6.45, 7) is 0. The molecule has 0 aromatic heterocycles. The third-order valence-electron chi connectivity index (χ3n) is 6.48. The Hall–Kier alpha value is -3.40. The van der Waals surface area contributed by atoms with Gasteiger partial charge in [-0.1, -0.05) is 66.7 Å². The maximum Gasteiger partial charge on any atom is 0.250 e. The van der Waals surface area contributed by atoms with Gasteiger partial charge < -0.3 is 0 Å². The quantitative estimate of drug-likeness (QED) is 0.716. The van der Waals surface area contributed by atoms with Gasteiger partial charge in [0.2, 0.25) is 5.91 Å². The summed E-state index contributed by atoms with van der Waals surface area (Å²) >= 11 is 0. The number of hydrazine groups is 1. The highest BCUT2D eigenvalue weighted by molar-refractivity contribution is 6.06. The lowest BCUT2D eigenvalue weighted by atomic mass is 9.53. The van der Waals surface area contributed by atoms with Crippen molar-refractivity contribution in [2.45, 2.75) is 11.8 Å². The summed E-state index contributed by atoms with van der Waals surface area (Å²) in [6.07, 6.45) is 0. The molecule has 7 rings (SSSR count). The molecule has 2 atom stereocenters. The van der Waals surface area contributed by atoms with Crippen molar-refractivity contribution in [2.75, 3.05) is 5.01 Å². The van der Waals surface area contributed by atoms with Gasteiger partial charge in [0.25, 0.3) is 5.91 Å². The molecule has 2 bridgehead atoms. The van der Waals surface area contributed by atoms with Gasteiger partial charge >= 0.3 is 0 Å². The number of carbonyl (C=O) groups is 2. The number of para-hydroxylation sites is 1. The number of hydrogen-bond acceptors (Lipinski definition) is 2. The molecule has 3 aromatic carbocycles. The molecule has 0 unspecified atom stereocenters. The smallest absolute Gasteiger partial charge is 0.250 e. The first kappa shape index (κ1) is 15.6. The summed E-state index contributed by atoms with van der Waals surface area (Å²) in [5.74, 6) is -1.04. The van der Waals surface area contributed by atoms with Crippen LogP contribution in [0.15, 0.2) is 78.9 Å². The van der Waals surface area contributed by atoms with Gasteiger partial charge in [-0.3, -0.25) is 15.0 Å². The predicted molar refractivity (Wildman–Crippen MR) is 106 cm³/mol. The highest BCUT2D eigenvalue weighted by Crippen LogP contribution is 2.59. The average molecular weight is 366 g/mol. The largest absolute Gasteiger partial charge is 0.273 e. The lowest BCUT2D eigenvalue weighted by molar-refractivity contribution is -0.142. The van der Waals surface area contributed by atoms with E-state index in [1.807, 2.05) is 54.6 Å². The van der Waals surface area contributed by atoms with Gasteiger partial charge in [0.05, 0.1) is 17.5 Å². The van der Waals surface area contributed by atoms with Crippen molar-refractivity contribution in [3.8, 4) is 0 Å². The van der Waals surface area contributed by atoms with E-state index in [9.17, 15) is 9.59 Å². The molecule has 3 aromatic rings. The number of nitrogens with zero attached hydrogens (tertiary/aromatic N) is 1. The molecule has 0 saturated carbocycles. The Morgan fingerprint density at radius 2 is 1.07 bits per heavy atom. The first-order valence-corrected chi connectivity index (χ1v) is 9.63. The van der Waals surface area contributed by atoms with Gasteiger partial charge in [-0.2, -0.15) is 0 Å². The molecular formula is C24H18N2O2. The fourth-order valence-electron chi connectivity index (χ4n) is 5.45. The van der Waals surface area contributed by atoms with Gasteiger partial charge in [0.15, 0.2) is 0 Å². The zero-order chi connectivity index (χ0) is 18.8. The average Bonchev–Trinajstić information content (AvgIpc) is 2.76. The lowest BCUT2D eigenvalue weighted by Crippen LogP contribution is -2.64. The number of amides is 2. The van der Waals surface area contributed by atoms with Gasteiger partial charge in [-0.15, -0.1) is 0 Å². The molecular weight excluding hydrogens is 348 g/mol. The number of nitrogens with one attached hydrogen (secondary N) is 1. The highest BCUT2D eigenvalue weighted by atomic mass is 16.2. The van der Waals surface area contributed by atoms with Crippen molar-refractivity contribution in [1.29, 1.82) is 0 Å². The third kappa shape index (κ3) is 1.89. The minimum Gasteiger partial charge on any atom is -0.273 e. The van der Waals surface area contributed by atoms with Gasteiger partial charge in [-0.05, 0) is 34.4 Å². The van der Waals surface area contributed by atoms with Gasteiger partial charge in [0, 0.05) is 11.8 Å². The molecule has 1 heterocycles. The molecule has 4 aliphatic rings. The molecule has 2 amide bonds. The Kier molecular flexibility index (Phi) is 3.10. The fourth-order valence-corrected chi connectivity index (χ4v) is 5.45. The zero-order valence-electron chi connectivity index (χ0n) is 15.1. The summed E-state index contributed by atoms with van der Waals surface area (Å²) in [7, 11) is 0. The Balaban J connectivity index is 1.57. The van der Waals surface area contributed by atoms with E-state index in [1.54, 1.807) is 0 Å². The van der Waals surface area contributed by atoms with Crippen LogP contribution in [0, 0.1) is 11.8 Å². The summed E-state index contributed by atoms with van der Waals surface area (Å²) < 4.78 is 0. The van der Waals surface area contributed by atoms with Crippen LogP contribution in [0.4, 0.5) is 5.69 Å². The standard InChI is InChI=1S/C24H18N2O2/c27-23-21-19-15-10-4-6-12-17(15)20(18-13-7-5-11-16(18)19)22(21)24(28)26(25-23)14-8-2-1-3-9-14/h1-13,19-22H,(H,25,27)/t19?,20?,21-,22+/m1/s1. The predicted octanol–water partition coefficient (Wildman–Crippen LogP) is 3.59. The SMILES string of the molecule is O=C1NN(c2ccccc2)C(=O)[C@H]2C3c4ccccc4C(c4ccccc43)[C@@H]12. The minimum atomic E-state index is -0.385. The molecule has 136 valence electrons. The summed E-state index contributed by atoms with van der Waals surface area (Å²) in [4.78, 5) is 26.9. The number of hydrogen-bond donors (Lipinski definition) is 1. The van der Waals surface area contributed by atoms with Crippen LogP contribution in [0.2, 0.25) is 0 Å². The number of rotatable bonds is 1. The second-order valence-electron chi connectivity index (χ2n) is 7.75. The maximum absolute atomic E-state index is 13.6. The van der Waals surface area contributed by atoms with Crippen LogP contribution in [-0.4, -0.2) is 11.8 Å².